The van der Waals surface area contributed by atoms with Crippen LogP contribution in [0.5, 0.6) is 5.75 Å². The van der Waals surface area contributed by atoms with E-state index in [1.807, 2.05) is 30.3 Å². The number of cyclic esters (lactones) is 1. The molecule has 8 nitrogen and oxygen atoms in total. The summed E-state index contributed by atoms with van der Waals surface area (Å²) in [4.78, 5) is 41.0. The molecule has 1 aliphatic heterocycles. The number of nitrogens with one attached hydrogen (secondary N) is 1. The Bertz CT molecular complexity index is 1730. The lowest BCUT2D eigenvalue weighted by molar-refractivity contribution is -0.134. The highest BCUT2D eigenvalue weighted by Crippen LogP contribution is 2.39. The van der Waals surface area contributed by atoms with E-state index in [-0.39, 0.29) is 18.8 Å². The molecule has 1 fully saturated rings. The number of imide groups is 1. The number of nitrogens with zero attached hydrogens (tertiary/aromatic N) is 1. The van der Waals surface area contributed by atoms with Crippen molar-refractivity contribution < 1.29 is 37.1 Å². The number of hydrogen-bond acceptors (Lipinski definition) is 7. The smallest absolute Gasteiger partial charge is 0.417 e. The van der Waals surface area contributed by atoms with Gasteiger partial charge in [-0.2, -0.15) is 0 Å². The molecule has 1 saturated heterocycles. The third-order valence-corrected chi connectivity index (χ3v) is 9.15. The number of esters is 1. The van der Waals surface area contributed by atoms with Crippen LogP contribution in [0.4, 0.5) is 19.3 Å². The fraction of sp³-hybridized carbons (Fsp3) is 0.289. The highest BCUT2D eigenvalue weighted by atomic mass is 28.4. The topological polar surface area (TPSA) is 94.2 Å². The lowest BCUT2D eigenvalue weighted by Gasteiger charge is -2.34. The summed E-state index contributed by atoms with van der Waals surface area (Å²) in [6.07, 6.45) is -0.613. The zero-order valence-corrected chi connectivity index (χ0v) is 28.9. The minimum atomic E-state index is -2.14. The highest BCUT2D eigenvalue weighted by Gasteiger charge is 2.44. The van der Waals surface area contributed by atoms with Crippen LogP contribution in [0.15, 0.2) is 103 Å². The van der Waals surface area contributed by atoms with Crippen LogP contribution < -0.4 is 10.1 Å². The molecule has 0 bridgehead atoms. The van der Waals surface area contributed by atoms with Crippen molar-refractivity contribution in [3.05, 3.63) is 131 Å². The Morgan fingerprint density at radius 3 is 2.04 bits per heavy atom. The fourth-order valence-electron chi connectivity index (χ4n) is 5.98. The highest BCUT2D eigenvalue weighted by molar-refractivity contribution is 6.69. The van der Waals surface area contributed by atoms with Gasteiger partial charge in [0.1, 0.15) is 30.0 Å². The first-order valence-electron chi connectivity index (χ1n) is 16.2. The van der Waals surface area contributed by atoms with Crippen LogP contribution >= 0.6 is 0 Å². The molecule has 4 aromatic rings. The molecule has 1 aliphatic rings. The lowest BCUT2D eigenvalue weighted by Crippen LogP contribution is -2.42. The first-order valence-corrected chi connectivity index (χ1v) is 19.6. The summed E-state index contributed by atoms with van der Waals surface area (Å²) in [5, 5.41) is 3.42. The monoisotopic (exact) mass is 686 g/mol. The molecule has 49 heavy (non-hydrogen) atoms. The van der Waals surface area contributed by atoms with Crippen molar-refractivity contribution in [2.75, 3.05) is 11.9 Å². The molecule has 0 saturated carbocycles. The molecule has 0 aromatic heterocycles. The van der Waals surface area contributed by atoms with Gasteiger partial charge in [-0.05, 0) is 97.7 Å². The molecular formula is C38H40F2N2O6Si. The van der Waals surface area contributed by atoms with E-state index in [0.717, 1.165) is 11.1 Å². The zero-order valence-electron chi connectivity index (χ0n) is 27.9. The summed E-state index contributed by atoms with van der Waals surface area (Å²) in [5.41, 5.74) is 2.73. The summed E-state index contributed by atoms with van der Waals surface area (Å²) in [5.74, 6) is -2.29. The Hall–Kier alpha value is -4.87. The van der Waals surface area contributed by atoms with Gasteiger partial charge < -0.3 is 19.2 Å². The number of carbonyl (C=O) groups excluding carboxylic acids is 3. The molecule has 0 spiro atoms. The van der Waals surface area contributed by atoms with Crippen LogP contribution in [0, 0.1) is 17.6 Å². The zero-order chi connectivity index (χ0) is 35.1. The van der Waals surface area contributed by atoms with Crippen molar-refractivity contribution in [2.24, 2.45) is 5.92 Å². The van der Waals surface area contributed by atoms with E-state index in [1.165, 1.54) is 36.1 Å². The number of carbonyl (C=O) groups is 3. The molecular weight excluding hydrogens is 647 g/mol. The maximum atomic E-state index is 14.9. The summed E-state index contributed by atoms with van der Waals surface area (Å²) in [6.45, 7) is 7.48. The van der Waals surface area contributed by atoms with Gasteiger partial charge in [0.15, 0.2) is 8.32 Å². The van der Waals surface area contributed by atoms with Gasteiger partial charge in [-0.3, -0.25) is 9.59 Å². The second kappa shape index (κ2) is 15.6. The molecule has 0 unspecified atom stereocenters. The van der Waals surface area contributed by atoms with E-state index in [1.54, 1.807) is 48.5 Å². The van der Waals surface area contributed by atoms with Crippen LogP contribution in [0.25, 0.3) is 0 Å². The molecule has 4 atom stereocenters. The average molecular weight is 687 g/mol. The average Bonchev–Trinajstić information content (AvgIpc) is 3.46. The normalized spacial score (nSPS) is 16.4. The van der Waals surface area contributed by atoms with Gasteiger partial charge in [-0.1, -0.05) is 54.6 Å². The van der Waals surface area contributed by atoms with E-state index in [4.69, 9.17) is 13.9 Å². The largest absolute Gasteiger partial charge is 0.446 e. The maximum absolute atomic E-state index is 14.9. The van der Waals surface area contributed by atoms with Gasteiger partial charge in [-0.15, -0.1) is 0 Å². The van der Waals surface area contributed by atoms with Crippen LogP contribution in [0.3, 0.4) is 0 Å². The number of anilines is 1. The second-order valence-electron chi connectivity index (χ2n) is 13.0. The van der Waals surface area contributed by atoms with Crippen LogP contribution in [-0.2, 0) is 18.8 Å². The van der Waals surface area contributed by atoms with E-state index >= 15 is 0 Å². The first kappa shape index (κ1) is 35.4. The summed E-state index contributed by atoms with van der Waals surface area (Å²) < 4.78 is 45.2. The van der Waals surface area contributed by atoms with Crippen molar-refractivity contribution in [3.8, 4) is 5.75 Å². The van der Waals surface area contributed by atoms with E-state index in [0.29, 0.717) is 23.4 Å². The predicted octanol–water partition coefficient (Wildman–Crippen LogP) is 8.75. The lowest BCUT2D eigenvalue weighted by atomic mass is 9.85. The number of ether oxygens (including phenoxy) is 2. The van der Waals surface area contributed by atoms with Crippen molar-refractivity contribution in [1.82, 2.24) is 4.90 Å². The van der Waals surface area contributed by atoms with Crippen molar-refractivity contribution in [1.29, 1.82) is 0 Å². The van der Waals surface area contributed by atoms with E-state index < -0.39 is 56.2 Å². The van der Waals surface area contributed by atoms with Gasteiger partial charge in [-0.25, -0.2) is 18.5 Å². The fourth-order valence-corrected chi connectivity index (χ4v) is 7.08. The molecule has 0 radical (unpaired) electrons. The Morgan fingerprint density at radius 2 is 1.45 bits per heavy atom. The summed E-state index contributed by atoms with van der Waals surface area (Å²) in [7, 11) is -2.14. The minimum Gasteiger partial charge on any atom is -0.446 e. The third kappa shape index (κ3) is 9.39. The minimum absolute atomic E-state index is 0.00534. The molecule has 256 valence electrons. The van der Waals surface area contributed by atoms with E-state index in [2.05, 4.69) is 25.0 Å². The summed E-state index contributed by atoms with van der Waals surface area (Å²) in [6, 6.07) is 26.5. The van der Waals surface area contributed by atoms with Gasteiger partial charge in [0.2, 0.25) is 5.91 Å². The number of rotatable bonds is 13. The Labute approximate surface area is 286 Å². The third-order valence-electron chi connectivity index (χ3n) is 8.16. The van der Waals surface area contributed by atoms with Crippen LogP contribution in [0.1, 0.15) is 54.6 Å². The van der Waals surface area contributed by atoms with Crippen molar-refractivity contribution in [2.45, 2.75) is 57.6 Å². The quantitative estimate of drug-likeness (QED) is 0.0854. The molecule has 5 rings (SSSR count). The van der Waals surface area contributed by atoms with Crippen LogP contribution in [-0.4, -0.2) is 37.8 Å². The number of benzene rings is 4. The predicted molar refractivity (Wildman–Crippen MR) is 184 cm³/mol. The number of halogens is 2. The van der Waals surface area contributed by atoms with Gasteiger partial charge >= 0.3 is 12.1 Å². The first-order chi connectivity index (χ1) is 23.4. The molecule has 1 heterocycles. The van der Waals surface area contributed by atoms with Gasteiger partial charge in [0, 0.05) is 12.6 Å². The Morgan fingerprint density at radius 1 is 0.857 bits per heavy atom. The van der Waals surface area contributed by atoms with Gasteiger partial charge in [0.25, 0.3) is 0 Å². The van der Waals surface area contributed by atoms with E-state index in [9.17, 15) is 23.2 Å². The van der Waals surface area contributed by atoms with Crippen LogP contribution in [0.2, 0.25) is 19.6 Å². The molecule has 4 aromatic carbocycles. The molecule has 0 aliphatic carbocycles. The standard InChI is InChI=1S/C38H40F2N2O6Si/c1-25(43)47-32-20-12-28(13-21-32)36(41-31-18-16-30(40)17-19-31)33(22-23-35(48-49(2,3)4)27-10-14-29(39)15-11-27)37(44)42-34(24-46-38(42)45)26-8-6-5-7-9-26/h5-21,33-36,41H,22-24H2,1-4H3/t33-,34-,35+,36-/m1/s1. The number of amides is 2. The molecule has 11 heteroatoms. The maximum Gasteiger partial charge on any atom is 0.417 e. The van der Waals surface area contributed by atoms with Crippen molar-refractivity contribution >= 4 is 32.0 Å². The molecule has 2 amide bonds. The van der Waals surface area contributed by atoms with Crippen molar-refractivity contribution in [3.63, 3.8) is 0 Å². The van der Waals surface area contributed by atoms with Gasteiger partial charge in [0.05, 0.1) is 18.1 Å². The SMILES string of the molecule is CC(=O)Oc1ccc([C@@H](Nc2ccc(F)cc2)[C@@H](CC[C@H](O[Si](C)(C)C)c2ccc(F)cc2)C(=O)N2C(=O)OC[C@@H]2c2ccccc2)cc1. The second-order valence-corrected chi connectivity index (χ2v) is 17.4. The Balaban J connectivity index is 1.58. The Kier molecular flexibility index (Phi) is 11.3. The number of hydrogen-bond donors (Lipinski definition) is 1. The molecule has 1 N–H and O–H groups in total. The summed E-state index contributed by atoms with van der Waals surface area (Å²) >= 11 is 0.